The molecule has 0 radical (unpaired) electrons. The molecule has 0 heterocycles. The minimum Gasteiger partial charge on any atom is -0.241 e. The second-order valence-electron chi connectivity index (χ2n) is 7.96. The zero-order valence-corrected chi connectivity index (χ0v) is 17.6. The molecule has 0 saturated carbocycles. The van der Waals surface area contributed by atoms with Gasteiger partial charge in [-0.3, -0.25) is 0 Å². The monoisotopic (exact) mass is 462 g/mol. The molecule has 0 aromatic rings. The molecule has 27 heavy (non-hydrogen) atoms. The lowest BCUT2D eigenvalue weighted by Crippen LogP contribution is -2.70. The van der Waals surface area contributed by atoms with E-state index in [1.54, 1.807) is 0 Å². The average molecular weight is 462 g/mol. The molecule has 0 fully saturated rings. The van der Waals surface area contributed by atoms with Gasteiger partial charge < -0.3 is 0 Å². The van der Waals surface area contributed by atoms with E-state index < -0.39 is 51.4 Å². The Morgan fingerprint density at radius 2 is 0.815 bits per heavy atom. The topological polar surface area (TPSA) is 0 Å². The van der Waals surface area contributed by atoms with Crippen molar-refractivity contribution in [2.45, 2.75) is 81.5 Å². The predicted octanol–water partition coefficient (Wildman–Crippen LogP) is 7.19. The molecular weight excluding hydrogens is 440 g/mol. The molecule has 0 spiro atoms. The zero-order chi connectivity index (χ0) is 23.1. The highest BCUT2D eigenvalue weighted by atomic mass is 28.3. The van der Waals surface area contributed by atoms with Crippen molar-refractivity contribution < 1.29 is 52.7 Å². The van der Waals surface area contributed by atoms with Crippen molar-refractivity contribution in [1.29, 1.82) is 0 Å². The van der Waals surface area contributed by atoms with Gasteiger partial charge in [0.25, 0.3) is 5.55 Å². The van der Waals surface area contributed by atoms with Gasteiger partial charge in [0.1, 0.15) is 8.07 Å². The van der Waals surface area contributed by atoms with Gasteiger partial charge in [-0.05, 0) is 6.92 Å². The van der Waals surface area contributed by atoms with Crippen LogP contribution in [0.25, 0.3) is 0 Å². The Kier molecular flexibility index (Phi) is 8.30. The fraction of sp³-hybridized carbons (Fsp3) is 1.00. The van der Waals surface area contributed by atoms with E-state index in [0.717, 1.165) is 0 Å². The summed E-state index contributed by atoms with van der Waals surface area (Å²) in [6.07, 6.45) is -3.70. The Hall–Kier alpha value is -0.406. The Bertz CT molecular complexity index is 471. The number of hydrogen-bond acceptors (Lipinski definition) is 0. The summed E-state index contributed by atoms with van der Waals surface area (Å²) in [6.45, 7) is 5.61. The normalized spacial score (nSPS) is 16.6. The first-order valence-corrected chi connectivity index (χ1v) is 14.4. The number of halogens is 12. The Morgan fingerprint density at radius 3 is 0.963 bits per heavy atom. The van der Waals surface area contributed by atoms with E-state index in [1.165, 1.54) is 19.6 Å². The van der Waals surface area contributed by atoms with E-state index in [9.17, 15) is 52.7 Å². The smallest absolute Gasteiger partial charge is 0.241 e. The lowest BCUT2D eigenvalue weighted by molar-refractivity contribution is -0.359. The maximum atomic E-state index is 13.4. The molecule has 0 aromatic carbocycles. The fourth-order valence-electron chi connectivity index (χ4n) is 1.13. The summed E-state index contributed by atoms with van der Waals surface area (Å²) in [5.74, 6) is -22.7. The number of rotatable bonds is 5. The molecule has 0 aliphatic heterocycles. The molecule has 0 bridgehead atoms. The van der Waals surface area contributed by atoms with Crippen LogP contribution in [-0.4, -0.2) is 51.4 Å². The third-order valence-corrected chi connectivity index (χ3v) is 7.40. The molecule has 0 aliphatic rings. The molecule has 0 amide bonds. The van der Waals surface area contributed by atoms with Gasteiger partial charge in [-0.25, -0.2) is 13.2 Å². The van der Waals surface area contributed by atoms with Crippen molar-refractivity contribution in [3.63, 3.8) is 0 Å². The number of alkyl halides is 12. The SMILES string of the molecule is CC(F)C(F)(F)C(F)(F)C(F)(F)C(F)(F)[Si](C)(C)C.C[Si](C)(C)C(F)(F)F. The van der Waals surface area contributed by atoms with Crippen LogP contribution in [0, 0.1) is 0 Å². The van der Waals surface area contributed by atoms with Crippen molar-refractivity contribution in [3.8, 4) is 0 Å². The van der Waals surface area contributed by atoms with E-state index in [0.29, 0.717) is 19.6 Å². The molecule has 0 nitrogen and oxygen atoms in total. The zero-order valence-electron chi connectivity index (χ0n) is 15.6. The van der Waals surface area contributed by atoms with Gasteiger partial charge in [0, 0.05) is 0 Å². The molecular formula is C13H22F12Si2. The summed E-state index contributed by atoms with van der Waals surface area (Å²) in [6, 6.07) is 0. The highest BCUT2D eigenvalue weighted by Gasteiger charge is 2.83. The van der Waals surface area contributed by atoms with Crippen LogP contribution in [0.15, 0.2) is 0 Å². The Morgan fingerprint density at radius 1 is 0.556 bits per heavy atom. The lowest BCUT2D eigenvalue weighted by Gasteiger charge is -2.41. The summed E-state index contributed by atoms with van der Waals surface area (Å²) < 4.78 is 152. The van der Waals surface area contributed by atoms with Crippen molar-refractivity contribution in [1.82, 2.24) is 0 Å². The largest absolute Gasteiger partial charge is 0.380 e. The molecule has 1 unspecified atom stereocenters. The average Bonchev–Trinajstić information content (AvgIpc) is 2.34. The summed E-state index contributed by atoms with van der Waals surface area (Å²) in [4.78, 5) is 0. The molecule has 0 aliphatic carbocycles. The third kappa shape index (κ3) is 5.57. The molecule has 0 aromatic heterocycles. The van der Waals surface area contributed by atoms with Crippen LogP contribution < -0.4 is 0 Å². The van der Waals surface area contributed by atoms with Crippen molar-refractivity contribution in [3.05, 3.63) is 0 Å². The third-order valence-electron chi connectivity index (χ3n) is 3.50. The van der Waals surface area contributed by atoms with Gasteiger partial charge in [0.15, 0.2) is 14.2 Å². The molecule has 1 atom stereocenters. The summed E-state index contributed by atoms with van der Waals surface area (Å²) in [7, 11) is -7.12. The van der Waals surface area contributed by atoms with Crippen LogP contribution in [0.1, 0.15) is 6.92 Å². The van der Waals surface area contributed by atoms with Gasteiger partial charge in [0.05, 0.1) is 0 Å². The van der Waals surface area contributed by atoms with Gasteiger partial charge in [-0.2, -0.15) is 39.5 Å². The highest BCUT2D eigenvalue weighted by Crippen LogP contribution is 2.56. The summed E-state index contributed by atoms with van der Waals surface area (Å²) in [5.41, 5.74) is -5.33. The quantitative estimate of drug-likeness (QED) is 0.300. The van der Waals surface area contributed by atoms with Crippen LogP contribution in [-0.2, 0) is 0 Å². The first-order valence-electron chi connectivity index (χ1n) is 7.41. The Balaban J connectivity index is 0. The minimum absolute atomic E-state index is 0.101. The standard InChI is InChI=1S/C9H13F9Si.C4H9F3Si/c1-5(10)6(11,12)7(13,14)8(15,16)9(17,18)19(2,3)4;1-8(2,3)4(5,6)7/h5H,1-4H3;1-3H3. The van der Waals surface area contributed by atoms with E-state index >= 15 is 0 Å². The van der Waals surface area contributed by atoms with E-state index in [2.05, 4.69) is 0 Å². The molecule has 0 saturated heterocycles. The lowest BCUT2D eigenvalue weighted by atomic mass is 10.0. The van der Waals surface area contributed by atoms with E-state index in [-0.39, 0.29) is 6.92 Å². The maximum absolute atomic E-state index is 13.4. The summed E-state index contributed by atoms with van der Waals surface area (Å²) >= 11 is 0. The van der Waals surface area contributed by atoms with Crippen molar-refractivity contribution >= 4 is 16.1 Å². The maximum Gasteiger partial charge on any atom is 0.380 e. The van der Waals surface area contributed by atoms with Gasteiger partial charge >= 0.3 is 23.6 Å². The van der Waals surface area contributed by atoms with Crippen LogP contribution in [0.5, 0.6) is 0 Å². The van der Waals surface area contributed by atoms with Crippen LogP contribution >= 0.6 is 0 Å². The van der Waals surface area contributed by atoms with Crippen LogP contribution in [0.2, 0.25) is 39.3 Å². The fourth-order valence-corrected chi connectivity index (χ4v) is 2.23. The second-order valence-corrected chi connectivity index (χ2v) is 18.2. The summed E-state index contributed by atoms with van der Waals surface area (Å²) in [5, 5.41) is 0. The van der Waals surface area contributed by atoms with Crippen molar-refractivity contribution in [2.75, 3.05) is 0 Å². The van der Waals surface area contributed by atoms with Crippen molar-refractivity contribution in [2.24, 2.45) is 0 Å². The van der Waals surface area contributed by atoms with Crippen LogP contribution in [0.4, 0.5) is 52.7 Å². The van der Waals surface area contributed by atoms with Gasteiger partial charge in [-0.1, -0.05) is 39.3 Å². The van der Waals surface area contributed by atoms with E-state index in [1.807, 2.05) is 0 Å². The first kappa shape index (κ1) is 28.8. The number of hydrogen-bond donors (Lipinski definition) is 0. The molecule has 166 valence electrons. The second kappa shape index (κ2) is 7.78. The molecule has 14 heteroatoms. The van der Waals surface area contributed by atoms with E-state index in [4.69, 9.17) is 0 Å². The minimum atomic E-state index is -6.50. The highest BCUT2D eigenvalue weighted by molar-refractivity contribution is 6.78. The van der Waals surface area contributed by atoms with Crippen LogP contribution in [0.3, 0.4) is 0 Å². The molecule has 0 N–H and O–H groups in total. The van der Waals surface area contributed by atoms with Gasteiger partial charge in [-0.15, -0.1) is 0 Å². The van der Waals surface area contributed by atoms with Gasteiger partial charge in [0.2, 0.25) is 0 Å². The molecule has 0 rings (SSSR count). The first-order chi connectivity index (χ1) is 11.2. The Labute approximate surface area is 151 Å². The predicted molar refractivity (Wildman–Crippen MR) is 83.1 cm³/mol.